The predicted octanol–water partition coefficient (Wildman–Crippen LogP) is 7.36. The number of ether oxygens (including phenoxy) is 2. The number of nitrogens with zero attached hydrogens (tertiary/aromatic N) is 2. The van der Waals surface area contributed by atoms with Crippen LogP contribution in [0.15, 0.2) is 66.8 Å². The fraction of sp³-hybridized carbons (Fsp3) is 0.486. The van der Waals surface area contributed by atoms with Crippen LogP contribution in [0.3, 0.4) is 0 Å². The Balaban J connectivity index is 0. The highest BCUT2D eigenvalue weighted by atomic mass is 16.5. The summed E-state index contributed by atoms with van der Waals surface area (Å²) in [6, 6.07) is 15.3. The minimum Gasteiger partial charge on any atom is -0.493 e. The lowest BCUT2D eigenvalue weighted by molar-refractivity contribution is -0.127. The summed E-state index contributed by atoms with van der Waals surface area (Å²) < 4.78 is 10.7. The Morgan fingerprint density at radius 2 is 1.57 bits per heavy atom. The molecule has 1 N–H and O–H groups in total. The van der Waals surface area contributed by atoms with Crippen molar-refractivity contribution in [2.45, 2.75) is 61.3 Å². The number of aliphatic hydroxyl groups excluding tert-OH is 1. The second kappa shape index (κ2) is 25.2. The first kappa shape index (κ1) is 40.6. The van der Waals surface area contributed by atoms with Gasteiger partial charge in [-0.1, -0.05) is 82.7 Å². The van der Waals surface area contributed by atoms with E-state index in [4.69, 9.17) is 14.6 Å². The van der Waals surface area contributed by atoms with Gasteiger partial charge in [0.2, 0.25) is 5.91 Å². The van der Waals surface area contributed by atoms with E-state index in [2.05, 4.69) is 19.6 Å². The van der Waals surface area contributed by atoms with Gasteiger partial charge < -0.3 is 24.4 Å². The Kier molecular flexibility index (Phi) is 24.3. The molecule has 0 bridgehead atoms. The Hall–Kier alpha value is -3.58. The van der Waals surface area contributed by atoms with Crippen molar-refractivity contribution in [2.24, 2.45) is 5.92 Å². The van der Waals surface area contributed by atoms with E-state index < -0.39 is 0 Å². The molecule has 236 valence electrons. The number of carbonyl (C=O) groups excluding carboxylic acids is 2. The Morgan fingerprint density at radius 3 is 2.05 bits per heavy atom. The van der Waals surface area contributed by atoms with Crippen LogP contribution in [0.4, 0.5) is 0 Å². The van der Waals surface area contributed by atoms with E-state index in [0.29, 0.717) is 36.7 Å². The maximum atomic E-state index is 13.5. The van der Waals surface area contributed by atoms with Crippen LogP contribution in [0, 0.1) is 5.92 Å². The van der Waals surface area contributed by atoms with Gasteiger partial charge in [0.1, 0.15) is 0 Å². The molecule has 1 aliphatic heterocycles. The molecule has 7 nitrogen and oxygen atoms in total. The van der Waals surface area contributed by atoms with Gasteiger partial charge in [-0.25, -0.2) is 0 Å². The fourth-order valence-electron chi connectivity index (χ4n) is 4.13. The molecule has 1 unspecified atom stereocenters. The number of allylic oxidation sites excluding steroid dienone is 1. The van der Waals surface area contributed by atoms with Gasteiger partial charge in [-0.05, 0) is 49.4 Å². The third-order valence-corrected chi connectivity index (χ3v) is 6.07. The van der Waals surface area contributed by atoms with Crippen LogP contribution in [0.2, 0.25) is 0 Å². The summed E-state index contributed by atoms with van der Waals surface area (Å²) in [6.45, 7) is 19.7. The summed E-state index contributed by atoms with van der Waals surface area (Å²) >= 11 is 0. The average molecular weight is 585 g/mol. The standard InChI is InChI=1S/C26H32N2O4.C4H8.2C2H6.CH4O/c1-19(14-21-8-6-5-7-9-21)16-28(18-22-12-13-27(17-22)20(2)29)26(30)23-10-11-24(31-3)25(15-23)32-4;1-3-4-2;3*1-2/h5-11,14-15,22H,12-13,16-18H2,1-4H3;3H,1,4H2,2H3;2*1-2H3;2H,1H3/b19-14+;;;;. The molecule has 42 heavy (non-hydrogen) atoms. The number of hydrogen-bond acceptors (Lipinski definition) is 5. The largest absolute Gasteiger partial charge is 0.493 e. The molecular formula is C35H56N2O5. The molecule has 2 aromatic carbocycles. The Bertz CT molecular complexity index is 1040. The fourth-order valence-corrected chi connectivity index (χ4v) is 4.13. The van der Waals surface area contributed by atoms with Gasteiger partial charge in [-0.2, -0.15) is 0 Å². The molecule has 1 aliphatic rings. The first-order chi connectivity index (χ1) is 20.3. The van der Waals surface area contributed by atoms with E-state index in [9.17, 15) is 9.59 Å². The van der Waals surface area contributed by atoms with Gasteiger partial charge in [0, 0.05) is 45.8 Å². The molecule has 7 heteroatoms. The van der Waals surface area contributed by atoms with E-state index in [1.165, 1.54) is 0 Å². The molecule has 0 aromatic heterocycles. The van der Waals surface area contributed by atoms with Crippen LogP contribution in [0.25, 0.3) is 6.08 Å². The zero-order valence-electron chi connectivity index (χ0n) is 27.8. The molecule has 0 spiro atoms. The lowest BCUT2D eigenvalue weighted by Crippen LogP contribution is -2.38. The van der Waals surface area contributed by atoms with Crippen molar-refractivity contribution < 1.29 is 24.2 Å². The highest BCUT2D eigenvalue weighted by Gasteiger charge is 2.28. The molecule has 0 aliphatic carbocycles. The highest BCUT2D eigenvalue weighted by molar-refractivity contribution is 5.95. The quantitative estimate of drug-likeness (QED) is 0.312. The van der Waals surface area contributed by atoms with Crippen LogP contribution >= 0.6 is 0 Å². The first-order valence-electron chi connectivity index (χ1n) is 14.9. The van der Waals surface area contributed by atoms with Crippen molar-refractivity contribution in [3.05, 3.63) is 77.9 Å². The molecule has 1 saturated heterocycles. The number of carbonyl (C=O) groups is 2. The van der Waals surface area contributed by atoms with Gasteiger partial charge in [0.15, 0.2) is 11.5 Å². The number of likely N-dealkylation sites (tertiary alicyclic amines) is 1. The SMILES string of the molecule is C=CCC.CC.CC.CO.COc1ccc(C(=O)N(C/C(C)=C/c2ccccc2)CC2CCN(C(C)=O)C2)cc1OC. The molecule has 3 rings (SSSR count). The highest BCUT2D eigenvalue weighted by Crippen LogP contribution is 2.29. The zero-order valence-corrected chi connectivity index (χ0v) is 27.8. The van der Waals surface area contributed by atoms with Crippen molar-refractivity contribution >= 4 is 17.9 Å². The number of methoxy groups -OCH3 is 2. The Labute approximate surface area is 255 Å². The van der Waals surface area contributed by atoms with Crippen molar-refractivity contribution in [3.63, 3.8) is 0 Å². The van der Waals surface area contributed by atoms with Crippen molar-refractivity contribution in [1.82, 2.24) is 9.80 Å². The normalized spacial score (nSPS) is 13.3. The molecule has 1 atom stereocenters. The number of aliphatic hydroxyl groups is 1. The molecule has 1 fully saturated rings. The number of hydrogen-bond donors (Lipinski definition) is 1. The van der Waals surface area contributed by atoms with E-state index in [1.807, 2.05) is 80.8 Å². The molecule has 0 saturated carbocycles. The number of amides is 2. The summed E-state index contributed by atoms with van der Waals surface area (Å²) in [4.78, 5) is 29.0. The van der Waals surface area contributed by atoms with Gasteiger partial charge in [0.05, 0.1) is 14.2 Å². The smallest absolute Gasteiger partial charge is 0.254 e. The van der Waals surface area contributed by atoms with Gasteiger partial charge in [-0.3, -0.25) is 9.59 Å². The lowest BCUT2D eigenvalue weighted by Gasteiger charge is -2.27. The third-order valence-electron chi connectivity index (χ3n) is 6.07. The van der Waals surface area contributed by atoms with Gasteiger partial charge in [0.25, 0.3) is 5.91 Å². The van der Waals surface area contributed by atoms with E-state index in [0.717, 1.165) is 37.6 Å². The van der Waals surface area contributed by atoms with Gasteiger partial charge in [-0.15, -0.1) is 6.58 Å². The van der Waals surface area contributed by atoms with Crippen LogP contribution < -0.4 is 9.47 Å². The van der Waals surface area contributed by atoms with Crippen LogP contribution in [0.1, 0.15) is 77.2 Å². The van der Waals surface area contributed by atoms with Crippen LogP contribution in [-0.4, -0.2) is 74.2 Å². The second-order valence-corrected chi connectivity index (χ2v) is 8.97. The van der Waals surface area contributed by atoms with Crippen molar-refractivity contribution in [1.29, 1.82) is 0 Å². The van der Waals surface area contributed by atoms with E-state index in [1.54, 1.807) is 39.3 Å². The average Bonchev–Trinajstić information content (AvgIpc) is 3.52. The first-order valence-corrected chi connectivity index (χ1v) is 14.9. The summed E-state index contributed by atoms with van der Waals surface area (Å²) in [5.41, 5.74) is 2.75. The molecule has 0 radical (unpaired) electrons. The van der Waals surface area contributed by atoms with Crippen molar-refractivity contribution in [3.8, 4) is 11.5 Å². The molecule has 1 heterocycles. The van der Waals surface area contributed by atoms with Gasteiger partial charge >= 0.3 is 0 Å². The summed E-state index contributed by atoms with van der Waals surface area (Å²) in [6.07, 6.45) is 5.96. The monoisotopic (exact) mass is 584 g/mol. The van der Waals surface area contributed by atoms with Crippen LogP contribution in [0.5, 0.6) is 11.5 Å². The van der Waals surface area contributed by atoms with E-state index >= 15 is 0 Å². The summed E-state index contributed by atoms with van der Waals surface area (Å²) in [5.74, 6) is 1.40. The molecule has 2 amide bonds. The zero-order chi connectivity index (χ0) is 32.5. The second-order valence-electron chi connectivity index (χ2n) is 8.97. The summed E-state index contributed by atoms with van der Waals surface area (Å²) in [7, 11) is 4.13. The summed E-state index contributed by atoms with van der Waals surface area (Å²) in [5, 5.41) is 7.00. The van der Waals surface area contributed by atoms with Crippen molar-refractivity contribution in [2.75, 3.05) is 47.5 Å². The Morgan fingerprint density at radius 1 is 1.00 bits per heavy atom. The number of benzene rings is 2. The molecular weight excluding hydrogens is 528 g/mol. The minimum atomic E-state index is -0.0620. The predicted molar refractivity (Wildman–Crippen MR) is 177 cm³/mol. The van der Waals surface area contributed by atoms with E-state index in [-0.39, 0.29) is 17.7 Å². The third kappa shape index (κ3) is 14.9. The van der Waals surface area contributed by atoms with Crippen LogP contribution in [-0.2, 0) is 4.79 Å². The topological polar surface area (TPSA) is 79.3 Å². The lowest BCUT2D eigenvalue weighted by atomic mass is 10.1. The molecule has 2 aromatic rings. The maximum absolute atomic E-state index is 13.5. The number of rotatable bonds is 9. The maximum Gasteiger partial charge on any atom is 0.254 e. The minimum absolute atomic E-state index is 0.0620.